The summed E-state index contributed by atoms with van der Waals surface area (Å²) < 4.78 is 1.03. The van der Waals surface area contributed by atoms with Crippen molar-refractivity contribution in [1.82, 2.24) is 0 Å². The van der Waals surface area contributed by atoms with E-state index in [4.69, 9.17) is 0 Å². The van der Waals surface area contributed by atoms with Crippen LogP contribution in [0.25, 0.3) is 0 Å². The molecular weight excluding hydrogens is 116 g/mol. The van der Waals surface area contributed by atoms with Gasteiger partial charge >= 0.3 is 0 Å². The molecule has 1 heterocycles. The molecule has 1 saturated heterocycles. The molecule has 0 nitrogen and oxygen atoms in total. The van der Waals surface area contributed by atoms with Gasteiger partial charge in [-0.25, -0.2) is 0 Å². The Labute approximate surface area is 50.1 Å². The van der Waals surface area contributed by atoms with E-state index in [-0.39, 0.29) is 0 Å². The molecule has 0 N–H and O–H groups in total. The lowest BCUT2D eigenvalue weighted by atomic mass is 10.1. The van der Waals surface area contributed by atoms with Crippen molar-refractivity contribution < 1.29 is 0 Å². The maximum atomic E-state index is 2.50. The van der Waals surface area contributed by atoms with Gasteiger partial charge in [0.15, 0.2) is 0 Å². The topological polar surface area (TPSA) is 0 Å². The van der Waals surface area contributed by atoms with E-state index in [9.17, 15) is 0 Å². The molecule has 0 amide bonds. The summed E-state index contributed by atoms with van der Waals surface area (Å²) in [5, 5.41) is 0. The van der Waals surface area contributed by atoms with Crippen LogP contribution in [0, 0.1) is 5.92 Å². The summed E-state index contributed by atoms with van der Waals surface area (Å²) in [6.45, 7) is 7.26. The number of hydrogen-bond donors (Lipinski definition) is 0. The SMILES string of the molecule is CC(C)C1(C)[SiH2][SiH2]1. The molecule has 1 aliphatic heterocycles. The normalized spacial score (nSPS) is 46.3. The van der Waals surface area contributed by atoms with Gasteiger partial charge in [0, 0.05) is 18.1 Å². The fourth-order valence-electron chi connectivity index (χ4n) is 0.775. The largest absolute Gasteiger partial charge is 0.0658 e. The van der Waals surface area contributed by atoms with E-state index in [1.54, 1.807) is 0 Å². The third kappa shape index (κ3) is 0.967. The highest BCUT2D eigenvalue weighted by Gasteiger charge is 2.40. The second-order valence-corrected chi connectivity index (χ2v) is 11.5. The molecule has 42 valence electrons. The Kier molecular flexibility index (Phi) is 1.16. The standard InChI is InChI=1S/C5H14Si2/c1-4(2)5(3)6-7-5/h4H,6-7H2,1-3H3. The van der Waals surface area contributed by atoms with E-state index in [2.05, 4.69) is 20.8 Å². The Morgan fingerprint density at radius 3 is 1.71 bits per heavy atom. The summed E-state index contributed by atoms with van der Waals surface area (Å²) in [5.74, 6) is 1.03. The van der Waals surface area contributed by atoms with E-state index in [1.165, 1.54) is 0 Å². The zero-order valence-electron chi connectivity index (χ0n) is 5.49. The lowest BCUT2D eigenvalue weighted by Gasteiger charge is -2.11. The molecule has 0 aromatic carbocycles. The fraction of sp³-hybridized carbons (Fsp3) is 1.00. The van der Waals surface area contributed by atoms with Gasteiger partial charge in [-0.15, -0.1) is 0 Å². The predicted octanol–water partition coefficient (Wildman–Crippen LogP) is 0.0447. The third-order valence-corrected chi connectivity index (χ3v) is 12.4. The Morgan fingerprint density at radius 1 is 1.29 bits per heavy atom. The highest BCUT2D eigenvalue weighted by Crippen LogP contribution is 2.42. The molecule has 0 aromatic rings. The molecule has 0 atom stereocenters. The van der Waals surface area contributed by atoms with Crippen molar-refractivity contribution in [3.8, 4) is 0 Å². The van der Waals surface area contributed by atoms with Crippen molar-refractivity contribution in [3.05, 3.63) is 0 Å². The van der Waals surface area contributed by atoms with Gasteiger partial charge in [-0.2, -0.15) is 0 Å². The van der Waals surface area contributed by atoms with Crippen LogP contribution < -0.4 is 0 Å². The molecule has 0 unspecified atom stereocenters. The van der Waals surface area contributed by atoms with Crippen molar-refractivity contribution in [2.24, 2.45) is 5.92 Å². The summed E-state index contributed by atoms with van der Waals surface area (Å²) in [4.78, 5) is 0. The molecular formula is C5H14Si2. The summed E-state index contributed by atoms with van der Waals surface area (Å²) in [6.07, 6.45) is 0. The molecule has 0 spiro atoms. The van der Waals surface area contributed by atoms with Crippen LogP contribution in [0.3, 0.4) is 0 Å². The second-order valence-electron chi connectivity index (χ2n) is 3.31. The van der Waals surface area contributed by atoms with Gasteiger partial charge in [0.1, 0.15) is 0 Å². The van der Waals surface area contributed by atoms with Gasteiger partial charge < -0.3 is 0 Å². The van der Waals surface area contributed by atoms with Crippen molar-refractivity contribution in [2.75, 3.05) is 0 Å². The highest BCUT2D eigenvalue weighted by atomic mass is 29.2. The first-order valence-corrected chi connectivity index (χ1v) is 8.56. The van der Waals surface area contributed by atoms with Crippen LogP contribution in [0.5, 0.6) is 0 Å². The second kappa shape index (κ2) is 1.45. The molecule has 0 bridgehead atoms. The summed E-state index contributed by atoms with van der Waals surface area (Å²) in [7, 11) is 1.15. The van der Waals surface area contributed by atoms with Gasteiger partial charge in [-0.1, -0.05) is 25.4 Å². The van der Waals surface area contributed by atoms with Crippen molar-refractivity contribution in [1.29, 1.82) is 0 Å². The number of hydrogen-bond acceptors (Lipinski definition) is 0. The van der Waals surface area contributed by atoms with Crippen molar-refractivity contribution >= 4 is 18.1 Å². The zero-order valence-corrected chi connectivity index (χ0v) is 8.32. The maximum Gasteiger partial charge on any atom is 0.0116 e. The Morgan fingerprint density at radius 2 is 1.71 bits per heavy atom. The smallest absolute Gasteiger partial charge is 0.0116 e. The third-order valence-electron chi connectivity index (χ3n) is 2.43. The van der Waals surface area contributed by atoms with Crippen molar-refractivity contribution in [2.45, 2.75) is 25.4 Å². The number of rotatable bonds is 1. The maximum absolute atomic E-state index is 2.50. The summed E-state index contributed by atoms with van der Waals surface area (Å²) in [5.41, 5.74) is 0. The van der Waals surface area contributed by atoms with Gasteiger partial charge in [0.05, 0.1) is 0 Å². The van der Waals surface area contributed by atoms with Crippen LogP contribution in [0.15, 0.2) is 0 Å². The van der Waals surface area contributed by atoms with Crippen LogP contribution in [0.4, 0.5) is 0 Å². The molecule has 0 aromatic heterocycles. The Balaban J connectivity index is 2.39. The van der Waals surface area contributed by atoms with E-state index in [1.807, 2.05) is 0 Å². The van der Waals surface area contributed by atoms with Crippen LogP contribution in [0.1, 0.15) is 20.8 Å². The first kappa shape index (κ1) is 5.57. The molecule has 1 rings (SSSR count). The van der Waals surface area contributed by atoms with Crippen molar-refractivity contribution in [3.63, 3.8) is 0 Å². The summed E-state index contributed by atoms with van der Waals surface area (Å²) in [6, 6.07) is 0. The zero-order chi connectivity index (χ0) is 5.49. The minimum Gasteiger partial charge on any atom is -0.0658 e. The van der Waals surface area contributed by atoms with E-state index >= 15 is 0 Å². The molecule has 0 aliphatic carbocycles. The first-order valence-electron chi connectivity index (χ1n) is 3.15. The Hall–Kier alpha value is 0.434. The van der Waals surface area contributed by atoms with E-state index < -0.39 is 0 Å². The molecule has 2 heteroatoms. The van der Waals surface area contributed by atoms with Gasteiger partial charge in [-0.3, -0.25) is 0 Å². The predicted molar refractivity (Wildman–Crippen MR) is 40.3 cm³/mol. The molecule has 0 saturated carbocycles. The quantitative estimate of drug-likeness (QED) is 0.440. The fourth-order valence-corrected chi connectivity index (χ4v) is 6.97. The Bertz CT molecular complexity index is 74.1. The summed E-state index contributed by atoms with van der Waals surface area (Å²) >= 11 is 0. The average Bonchev–Trinajstić information content (AvgIpc) is 2.21. The van der Waals surface area contributed by atoms with E-state index in [0.29, 0.717) is 18.1 Å². The minimum atomic E-state index is 0.576. The van der Waals surface area contributed by atoms with Crippen LogP contribution >= 0.6 is 0 Å². The molecule has 7 heavy (non-hydrogen) atoms. The lowest BCUT2D eigenvalue weighted by Crippen LogP contribution is -1.98. The lowest BCUT2D eigenvalue weighted by molar-refractivity contribution is 0.591. The van der Waals surface area contributed by atoms with Crippen LogP contribution in [-0.2, 0) is 0 Å². The van der Waals surface area contributed by atoms with Gasteiger partial charge in [0.25, 0.3) is 0 Å². The van der Waals surface area contributed by atoms with Gasteiger partial charge in [-0.05, 0) is 5.92 Å². The van der Waals surface area contributed by atoms with Crippen LogP contribution in [-0.4, -0.2) is 18.1 Å². The molecule has 1 aliphatic rings. The first-order chi connectivity index (χ1) is 3.15. The molecule has 0 radical (unpaired) electrons. The van der Waals surface area contributed by atoms with Crippen LogP contribution in [0.2, 0.25) is 4.66 Å². The van der Waals surface area contributed by atoms with Gasteiger partial charge in [0.2, 0.25) is 0 Å². The minimum absolute atomic E-state index is 0.576. The van der Waals surface area contributed by atoms with E-state index in [0.717, 1.165) is 10.6 Å². The average molecular weight is 130 g/mol. The highest BCUT2D eigenvalue weighted by molar-refractivity contribution is 7.24. The monoisotopic (exact) mass is 130 g/mol. The molecule has 1 fully saturated rings.